The van der Waals surface area contributed by atoms with Gasteiger partial charge in [-0.05, 0) is 30.2 Å². The van der Waals surface area contributed by atoms with Gasteiger partial charge >= 0.3 is 0 Å². The molecule has 6 heteroatoms. The van der Waals surface area contributed by atoms with Crippen molar-refractivity contribution in [2.24, 2.45) is 0 Å². The number of aromatic nitrogens is 1. The van der Waals surface area contributed by atoms with Crippen LogP contribution in [0.25, 0.3) is 6.08 Å². The number of para-hydroxylation sites is 1. The van der Waals surface area contributed by atoms with Gasteiger partial charge in [-0.3, -0.25) is 4.72 Å². The standard InChI is InChI=1S/C15H15N3O2S/c1-11-7-8-14(17-10-11)21(19,20)18-13-6-2-4-12-5-3-9-16-15(12)13/h2-8,10,16,18H,9H2,1H3. The zero-order valence-electron chi connectivity index (χ0n) is 11.5. The van der Waals surface area contributed by atoms with Crippen molar-refractivity contribution in [1.29, 1.82) is 0 Å². The first-order valence-electron chi connectivity index (χ1n) is 6.55. The molecule has 2 heterocycles. The number of fused-ring (bicyclic) bond motifs is 1. The number of hydrogen-bond acceptors (Lipinski definition) is 4. The van der Waals surface area contributed by atoms with E-state index in [1.165, 1.54) is 12.3 Å². The van der Waals surface area contributed by atoms with Gasteiger partial charge in [0, 0.05) is 12.7 Å². The molecular formula is C15H15N3O2S. The summed E-state index contributed by atoms with van der Waals surface area (Å²) in [5.41, 5.74) is 3.19. The van der Waals surface area contributed by atoms with Crippen molar-refractivity contribution >= 4 is 27.5 Å². The van der Waals surface area contributed by atoms with Gasteiger partial charge in [0.05, 0.1) is 11.4 Å². The minimum absolute atomic E-state index is 0.0112. The van der Waals surface area contributed by atoms with Gasteiger partial charge in [-0.15, -0.1) is 0 Å². The third-order valence-corrected chi connectivity index (χ3v) is 4.48. The molecule has 3 rings (SSSR count). The van der Waals surface area contributed by atoms with Crippen molar-refractivity contribution in [3.63, 3.8) is 0 Å². The third-order valence-electron chi connectivity index (χ3n) is 3.19. The highest BCUT2D eigenvalue weighted by molar-refractivity contribution is 7.92. The second-order valence-electron chi connectivity index (χ2n) is 4.83. The lowest BCUT2D eigenvalue weighted by Crippen LogP contribution is -2.17. The van der Waals surface area contributed by atoms with Crippen LogP contribution in [0.5, 0.6) is 0 Å². The highest BCUT2D eigenvalue weighted by Gasteiger charge is 2.18. The normalized spacial score (nSPS) is 13.4. The molecule has 1 aliphatic heterocycles. The maximum atomic E-state index is 12.4. The van der Waals surface area contributed by atoms with Gasteiger partial charge in [-0.1, -0.05) is 30.4 Å². The van der Waals surface area contributed by atoms with Crippen LogP contribution >= 0.6 is 0 Å². The van der Waals surface area contributed by atoms with Gasteiger partial charge in [0.15, 0.2) is 5.03 Å². The smallest absolute Gasteiger partial charge is 0.279 e. The van der Waals surface area contributed by atoms with Crippen LogP contribution in [0, 0.1) is 6.92 Å². The number of rotatable bonds is 3. The predicted octanol–water partition coefficient (Wildman–Crippen LogP) is 2.63. The molecule has 0 amide bonds. The second kappa shape index (κ2) is 5.21. The highest BCUT2D eigenvalue weighted by Crippen LogP contribution is 2.30. The largest absolute Gasteiger partial charge is 0.379 e. The lowest BCUT2D eigenvalue weighted by molar-refractivity contribution is 0.597. The Labute approximate surface area is 123 Å². The predicted molar refractivity (Wildman–Crippen MR) is 83.7 cm³/mol. The van der Waals surface area contributed by atoms with Crippen molar-refractivity contribution in [3.8, 4) is 0 Å². The maximum absolute atomic E-state index is 12.4. The summed E-state index contributed by atoms with van der Waals surface area (Å²) in [6, 6.07) is 8.71. The van der Waals surface area contributed by atoms with Crippen LogP contribution in [0.3, 0.4) is 0 Å². The van der Waals surface area contributed by atoms with Gasteiger partial charge in [-0.2, -0.15) is 8.42 Å². The molecule has 21 heavy (non-hydrogen) atoms. The van der Waals surface area contributed by atoms with E-state index in [4.69, 9.17) is 0 Å². The van der Waals surface area contributed by atoms with Crippen LogP contribution in [-0.4, -0.2) is 19.9 Å². The molecule has 0 radical (unpaired) electrons. The Hall–Kier alpha value is -2.34. The van der Waals surface area contributed by atoms with E-state index in [1.54, 1.807) is 12.1 Å². The van der Waals surface area contributed by atoms with Crippen LogP contribution in [0.15, 0.2) is 47.6 Å². The fourth-order valence-corrected chi connectivity index (χ4v) is 3.15. The van der Waals surface area contributed by atoms with Crippen LogP contribution < -0.4 is 10.0 Å². The Bertz CT molecular complexity index is 796. The Morgan fingerprint density at radius 1 is 1.24 bits per heavy atom. The number of sulfonamides is 1. The minimum Gasteiger partial charge on any atom is -0.379 e. The number of pyridine rings is 1. The average Bonchev–Trinajstić information content (AvgIpc) is 2.48. The highest BCUT2D eigenvalue weighted by atomic mass is 32.2. The molecule has 1 aromatic heterocycles. The first-order valence-corrected chi connectivity index (χ1v) is 8.03. The number of benzene rings is 1. The summed E-state index contributed by atoms with van der Waals surface area (Å²) < 4.78 is 27.4. The van der Waals surface area contributed by atoms with Crippen molar-refractivity contribution in [2.75, 3.05) is 16.6 Å². The lowest BCUT2D eigenvalue weighted by atomic mass is 10.1. The molecule has 1 aliphatic rings. The SMILES string of the molecule is Cc1ccc(S(=O)(=O)Nc2cccc3c2NCC=C3)nc1. The van der Waals surface area contributed by atoms with Gasteiger partial charge < -0.3 is 5.32 Å². The zero-order valence-corrected chi connectivity index (χ0v) is 12.3. The number of hydrogen-bond donors (Lipinski definition) is 2. The van der Waals surface area contributed by atoms with Crippen LogP contribution in [-0.2, 0) is 10.0 Å². The molecule has 0 unspecified atom stereocenters. The summed E-state index contributed by atoms with van der Waals surface area (Å²) in [5, 5.41) is 3.19. The Morgan fingerprint density at radius 2 is 2.10 bits per heavy atom. The Balaban J connectivity index is 1.96. The lowest BCUT2D eigenvalue weighted by Gasteiger charge is -2.18. The molecule has 5 nitrogen and oxygen atoms in total. The van der Waals surface area contributed by atoms with E-state index in [-0.39, 0.29) is 5.03 Å². The van der Waals surface area contributed by atoms with E-state index in [0.717, 1.165) is 16.8 Å². The van der Waals surface area contributed by atoms with E-state index in [1.807, 2.05) is 31.2 Å². The maximum Gasteiger partial charge on any atom is 0.279 e. The van der Waals surface area contributed by atoms with Crippen molar-refractivity contribution < 1.29 is 8.42 Å². The quantitative estimate of drug-likeness (QED) is 0.914. The fraction of sp³-hybridized carbons (Fsp3) is 0.133. The molecular weight excluding hydrogens is 286 g/mol. The zero-order chi connectivity index (χ0) is 14.9. The summed E-state index contributed by atoms with van der Waals surface area (Å²) >= 11 is 0. The van der Waals surface area contributed by atoms with Crippen LogP contribution in [0.4, 0.5) is 11.4 Å². The summed E-state index contributed by atoms with van der Waals surface area (Å²) in [5.74, 6) is 0. The fourth-order valence-electron chi connectivity index (χ4n) is 2.15. The van der Waals surface area contributed by atoms with E-state index < -0.39 is 10.0 Å². The summed E-state index contributed by atoms with van der Waals surface area (Å²) in [6.07, 6.45) is 5.49. The summed E-state index contributed by atoms with van der Waals surface area (Å²) in [7, 11) is -3.69. The first-order chi connectivity index (χ1) is 10.1. The van der Waals surface area contributed by atoms with Crippen molar-refractivity contribution in [3.05, 3.63) is 53.7 Å². The molecule has 0 bridgehead atoms. The molecule has 1 aromatic carbocycles. The average molecular weight is 301 g/mol. The second-order valence-corrected chi connectivity index (χ2v) is 6.46. The van der Waals surface area contributed by atoms with E-state index in [0.29, 0.717) is 12.2 Å². The molecule has 0 aliphatic carbocycles. The third kappa shape index (κ3) is 2.75. The molecule has 2 N–H and O–H groups in total. The van der Waals surface area contributed by atoms with E-state index in [9.17, 15) is 8.42 Å². The first kappa shape index (κ1) is 13.6. The molecule has 0 atom stereocenters. The number of nitrogens with zero attached hydrogens (tertiary/aromatic N) is 1. The topological polar surface area (TPSA) is 71.1 Å². The number of nitrogens with one attached hydrogen (secondary N) is 2. The van der Waals surface area contributed by atoms with Gasteiger partial charge in [0.1, 0.15) is 0 Å². The summed E-state index contributed by atoms with van der Waals surface area (Å²) in [4.78, 5) is 3.97. The van der Waals surface area contributed by atoms with Crippen molar-refractivity contribution in [2.45, 2.75) is 11.9 Å². The molecule has 108 valence electrons. The van der Waals surface area contributed by atoms with Crippen LogP contribution in [0.2, 0.25) is 0 Å². The van der Waals surface area contributed by atoms with Crippen LogP contribution in [0.1, 0.15) is 11.1 Å². The van der Waals surface area contributed by atoms with Gasteiger partial charge in [-0.25, -0.2) is 4.98 Å². The molecule has 0 spiro atoms. The van der Waals surface area contributed by atoms with Gasteiger partial charge in [0.2, 0.25) is 0 Å². The minimum atomic E-state index is -3.69. The monoisotopic (exact) mass is 301 g/mol. The Morgan fingerprint density at radius 3 is 2.86 bits per heavy atom. The van der Waals surface area contributed by atoms with E-state index in [2.05, 4.69) is 15.0 Å². The molecule has 0 saturated heterocycles. The van der Waals surface area contributed by atoms with E-state index >= 15 is 0 Å². The molecule has 0 fully saturated rings. The summed E-state index contributed by atoms with van der Waals surface area (Å²) in [6.45, 7) is 2.54. The molecule has 0 saturated carbocycles. The Kier molecular flexibility index (Phi) is 3.39. The van der Waals surface area contributed by atoms with Crippen molar-refractivity contribution in [1.82, 2.24) is 4.98 Å². The molecule has 2 aromatic rings. The number of aryl methyl sites for hydroxylation is 1. The number of anilines is 2. The van der Waals surface area contributed by atoms with Gasteiger partial charge in [0.25, 0.3) is 10.0 Å².